The Labute approximate surface area is 128 Å². The zero-order valence-electron chi connectivity index (χ0n) is 13.8. The first-order valence-electron chi connectivity index (χ1n) is 8.17. The van der Waals surface area contributed by atoms with E-state index in [1.807, 2.05) is 6.92 Å². The van der Waals surface area contributed by atoms with Crippen LogP contribution in [-0.2, 0) is 4.79 Å². The number of aliphatic hydroxyl groups excluding tert-OH is 1. The maximum Gasteiger partial charge on any atom is 0.227 e. The minimum Gasteiger partial charge on any atom is -0.390 e. The summed E-state index contributed by atoms with van der Waals surface area (Å²) in [5, 5.41) is 24.0. The number of unbranched alkanes of at least 4 members (excludes halogenated alkanes) is 3. The summed E-state index contributed by atoms with van der Waals surface area (Å²) >= 11 is 0. The van der Waals surface area contributed by atoms with Gasteiger partial charge in [-0.1, -0.05) is 59.3 Å². The Kier molecular flexibility index (Phi) is 11.2. The number of nitrogens with zero attached hydrogens (tertiary/aromatic N) is 1. The Morgan fingerprint density at radius 1 is 1.29 bits per heavy atom. The standard InChI is InChI=1S/C16H32N2O3/c1-4-7-8-9-10-14(5-2)11-16(21,6-3)15(12-19)18-17-13-20/h13-14,19,21H,4-12H2,1-3H3,(H,17,20)/b18-15+. The number of hydrogen-bond donors (Lipinski definition) is 3. The van der Waals surface area contributed by atoms with E-state index in [1.54, 1.807) is 0 Å². The highest BCUT2D eigenvalue weighted by Gasteiger charge is 2.33. The fourth-order valence-corrected chi connectivity index (χ4v) is 2.64. The average molecular weight is 300 g/mol. The Morgan fingerprint density at radius 3 is 2.48 bits per heavy atom. The van der Waals surface area contributed by atoms with Gasteiger partial charge in [-0.2, -0.15) is 5.10 Å². The van der Waals surface area contributed by atoms with Crippen LogP contribution in [0.3, 0.4) is 0 Å². The molecule has 0 aromatic heterocycles. The third-order valence-electron chi connectivity index (χ3n) is 4.19. The van der Waals surface area contributed by atoms with Gasteiger partial charge in [-0.05, 0) is 18.8 Å². The highest BCUT2D eigenvalue weighted by atomic mass is 16.3. The quantitative estimate of drug-likeness (QED) is 0.212. The van der Waals surface area contributed by atoms with E-state index < -0.39 is 5.60 Å². The molecule has 0 fully saturated rings. The fraction of sp³-hybridized carbons (Fsp3) is 0.875. The first kappa shape index (κ1) is 20.1. The Bertz CT molecular complexity index is 308. The van der Waals surface area contributed by atoms with Crippen molar-refractivity contribution < 1.29 is 15.0 Å². The lowest BCUT2D eigenvalue weighted by molar-refractivity contribution is -0.109. The summed E-state index contributed by atoms with van der Waals surface area (Å²) in [6.45, 7) is 5.84. The average Bonchev–Trinajstić information content (AvgIpc) is 2.51. The van der Waals surface area contributed by atoms with Crippen molar-refractivity contribution >= 4 is 12.1 Å². The molecular formula is C16H32N2O3. The number of carbonyl (C=O) groups is 1. The zero-order chi connectivity index (χ0) is 16.1. The Morgan fingerprint density at radius 2 is 2.00 bits per heavy atom. The predicted octanol–water partition coefficient (Wildman–Crippen LogP) is 2.61. The topological polar surface area (TPSA) is 81.9 Å². The molecule has 0 aliphatic carbocycles. The van der Waals surface area contributed by atoms with Crippen molar-refractivity contribution in [2.45, 2.75) is 77.7 Å². The lowest BCUT2D eigenvalue weighted by Gasteiger charge is -2.31. The van der Waals surface area contributed by atoms with Crippen LogP contribution in [0, 0.1) is 5.92 Å². The largest absolute Gasteiger partial charge is 0.390 e. The molecule has 0 aromatic rings. The maximum atomic E-state index is 10.8. The molecule has 0 aromatic carbocycles. The molecule has 0 aliphatic heterocycles. The minimum atomic E-state index is -1.14. The fourth-order valence-electron chi connectivity index (χ4n) is 2.64. The molecule has 5 heteroatoms. The molecule has 2 unspecified atom stereocenters. The van der Waals surface area contributed by atoms with Crippen molar-refractivity contribution in [2.24, 2.45) is 11.0 Å². The molecule has 21 heavy (non-hydrogen) atoms. The van der Waals surface area contributed by atoms with E-state index in [4.69, 9.17) is 0 Å². The summed E-state index contributed by atoms with van der Waals surface area (Å²) < 4.78 is 0. The number of hydrogen-bond acceptors (Lipinski definition) is 4. The second-order valence-corrected chi connectivity index (χ2v) is 5.68. The molecule has 3 N–H and O–H groups in total. The van der Waals surface area contributed by atoms with E-state index >= 15 is 0 Å². The summed E-state index contributed by atoms with van der Waals surface area (Å²) in [5.74, 6) is 0.403. The van der Waals surface area contributed by atoms with E-state index in [1.165, 1.54) is 25.7 Å². The normalized spacial score (nSPS) is 16.3. The zero-order valence-corrected chi connectivity index (χ0v) is 13.8. The van der Waals surface area contributed by atoms with Crippen LogP contribution in [0.15, 0.2) is 5.10 Å². The molecule has 0 aliphatic rings. The van der Waals surface area contributed by atoms with Crippen LogP contribution in [0.5, 0.6) is 0 Å². The molecule has 0 bridgehead atoms. The summed E-state index contributed by atoms with van der Waals surface area (Å²) in [7, 11) is 0. The van der Waals surface area contributed by atoms with Gasteiger partial charge in [-0.25, -0.2) is 5.43 Å². The van der Waals surface area contributed by atoms with Gasteiger partial charge >= 0.3 is 0 Å². The predicted molar refractivity (Wildman–Crippen MR) is 86.1 cm³/mol. The van der Waals surface area contributed by atoms with E-state index in [2.05, 4.69) is 24.4 Å². The summed E-state index contributed by atoms with van der Waals surface area (Å²) in [4.78, 5) is 10.3. The second kappa shape index (κ2) is 11.7. The van der Waals surface area contributed by atoms with Crippen molar-refractivity contribution in [3.8, 4) is 0 Å². The van der Waals surface area contributed by atoms with Crippen LogP contribution in [0.2, 0.25) is 0 Å². The SMILES string of the molecule is CCCCCCC(CC)CC(O)(CC)/C(CO)=N/NC=O. The molecule has 124 valence electrons. The Balaban J connectivity index is 4.69. The lowest BCUT2D eigenvalue weighted by atomic mass is 9.81. The monoisotopic (exact) mass is 300 g/mol. The van der Waals surface area contributed by atoms with Crippen molar-refractivity contribution in [3.05, 3.63) is 0 Å². The summed E-state index contributed by atoms with van der Waals surface area (Å²) in [6, 6.07) is 0. The van der Waals surface area contributed by atoms with Crippen molar-refractivity contribution in [1.82, 2.24) is 5.43 Å². The van der Waals surface area contributed by atoms with Gasteiger partial charge in [-0.15, -0.1) is 0 Å². The molecule has 5 nitrogen and oxygen atoms in total. The van der Waals surface area contributed by atoms with Gasteiger partial charge in [0.2, 0.25) is 6.41 Å². The third-order valence-corrected chi connectivity index (χ3v) is 4.19. The molecular weight excluding hydrogens is 268 g/mol. The third kappa shape index (κ3) is 7.58. The van der Waals surface area contributed by atoms with Gasteiger partial charge < -0.3 is 10.2 Å². The molecule has 0 radical (unpaired) electrons. The Hall–Kier alpha value is -0.940. The minimum absolute atomic E-state index is 0.240. The molecule has 2 atom stereocenters. The molecule has 1 amide bonds. The van der Waals surface area contributed by atoms with Crippen LogP contribution in [-0.4, -0.2) is 34.5 Å². The molecule has 0 saturated carbocycles. The maximum absolute atomic E-state index is 10.8. The molecule has 0 rings (SSSR count). The number of hydrazone groups is 1. The van der Waals surface area contributed by atoms with Gasteiger partial charge in [0.05, 0.1) is 12.3 Å². The highest BCUT2D eigenvalue weighted by Crippen LogP contribution is 2.28. The number of carbonyl (C=O) groups excluding carboxylic acids is 1. The van der Waals surface area contributed by atoms with Crippen LogP contribution >= 0.6 is 0 Å². The summed E-state index contributed by atoms with van der Waals surface area (Å²) in [5.41, 5.74) is 1.28. The first-order chi connectivity index (χ1) is 10.1. The smallest absolute Gasteiger partial charge is 0.227 e. The van der Waals surface area contributed by atoms with Crippen molar-refractivity contribution in [3.63, 3.8) is 0 Å². The number of nitrogens with one attached hydrogen (secondary N) is 1. The van der Waals surface area contributed by atoms with E-state index in [9.17, 15) is 15.0 Å². The number of aliphatic hydroxyl groups is 2. The van der Waals surface area contributed by atoms with E-state index in [0.717, 1.165) is 12.8 Å². The number of amides is 1. The van der Waals surface area contributed by atoms with Gasteiger partial charge in [0, 0.05) is 0 Å². The van der Waals surface area contributed by atoms with Crippen LogP contribution in [0.4, 0.5) is 0 Å². The van der Waals surface area contributed by atoms with Crippen LogP contribution in [0.1, 0.15) is 72.1 Å². The molecule has 0 saturated heterocycles. The molecule has 0 heterocycles. The van der Waals surface area contributed by atoms with Gasteiger partial charge in [0.1, 0.15) is 5.60 Å². The van der Waals surface area contributed by atoms with Crippen molar-refractivity contribution in [1.29, 1.82) is 0 Å². The highest BCUT2D eigenvalue weighted by molar-refractivity contribution is 5.93. The van der Waals surface area contributed by atoms with Crippen LogP contribution < -0.4 is 5.43 Å². The lowest BCUT2D eigenvalue weighted by Crippen LogP contribution is -2.43. The molecule has 0 spiro atoms. The van der Waals surface area contributed by atoms with Crippen molar-refractivity contribution in [2.75, 3.05) is 6.61 Å². The van der Waals surface area contributed by atoms with E-state index in [0.29, 0.717) is 25.2 Å². The number of rotatable bonds is 13. The first-order valence-corrected chi connectivity index (χ1v) is 8.17. The van der Waals surface area contributed by atoms with Gasteiger partial charge in [-0.3, -0.25) is 4.79 Å². The second-order valence-electron chi connectivity index (χ2n) is 5.68. The van der Waals surface area contributed by atoms with Gasteiger partial charge in [0.15, 0.2) is 0 Å². The van der Waals surface area contributed by atoms with Gasteiger partial charge in [0.25, 0.3) is 0 Å². The van der Waals surface area contributed by atoms with Crippen LogP contribution in [0.25, 0.3) is 0 Å². The van der Waals surface area contributed by atoms with E-state index in [-0.39, 0.29) is 12.3 Å². The summed E-state index contributed by atoms with van der Waals surface area (Å²) in [6.07, 6.45) is 8.43.